The smallest absolute Gasteiger partial charge is 0.155 e. The molecule has 1 fully saturated rings. The molecular weight excluding hydrogens is 188 g/mol. The van der Waals surface area contributed by atoms with Crippen LogP contribution in [0.4, 0.5) is 0 Å². The third-order valence-corrected chi connectivity index (χ3v) is 4.97. The van der Waals surface area contributed by atoms with Crippen molar-refractivity contribution in [1.29, 1.82) is 0 Å². The van der Waals surface area contributed by atoms with E-state index in [1.807, 2.05) is 0 Å². The highest BCUT2D eigenvalue weighted by molar-refractivity contribution is 7.92. The van der Waals surface area contributed by atoms with Crippen molar-refractivity contribution in [1.82, 2.24) is 0 Å². The van der Waals surface area contributed by atoms with Crippen LogP contribution in [0.15, 0.2) is 0 Å². The van der Waals surface area contributed by atoms with Crippen LogP contribution in [0.25, 0.3) is 0 Å². The average Bonchev–Trinajstić information content (AvgIpc) is 2.04. The fraction of sp³-hybridized carbons (Fsp3) is 1.00. The maximum absolute atomic E-state index is 11.6. The SMILES string of the molecule is CC1CCCC(S(=O)(=O)CCO)C1. The summed E-state index contributed by atoms with van der Waals surface area (Å²) in [5, 5.41) is 8.43. The maximum atomic E-state index is 11.6. The lowest BCUT2D eigenvalue weighted by Gasteiger charge is -2.26. The average molecular weight is 206 g/mol. The van der Waals surface area contributed by atoms with E-state index in [2.05, 4.69) is 6.92 Å². The normalized spacial score (nSPS) is 30.3. The molecule has 0 aliphatic heterocycles. The first-order chi connectivity index (χ1) is 6.06. The molecular formula is C9H18O3S. The van der Waals surface area contributed by atoms with E-state index >= 15 is 0 Å². The fourth-order valence-electron chi connectivity index (χ4n) is 2.00. The van der Waals surface area contributed by atoms with Gasteiger partial charge in [-0.1, -0.05) is 19.8 Å². The van der Waals surface area contributed by atoms with Crippen molar-refractivity contribution < 1.29 is 13.5 Å². The van der Waals surface area contributed by atoms with E-state index in [0.29, 0.717) is 5.92 Å². The first-order valence-corrected chi connectivity index (χ1v) is 6.60. The summed E-state index contributed by atoms with van der Waals surface area (Å²) >= 11 is 0. The molecule has 1 aliphatic carbocycles. The second-order valence-corrected chi connectivity index (χ2v) is 6.39. The van der Waals surface area contributed by atoms with Gasteiger partial charge in [0.05, 0.1) is 17.6 Å². The molecule has 0 heterocycles. The van der Waals surface area contributed by atoms with E-state index in [1.54, 1.807) is 0 Å². The van der Waals surface area contributed by atoms with Gasteiger partial charge in [0.1, 0.15) is 0 Å². The standard InChI is InChI=1S/C9H18O3S/c1-8-3-2-4-9(7-8)13(11,12)6-5-10/h8-10H,2-7H2,1H3. The van der Waals surface area contributed by atoms with Gasteiger partial charge in [-0.3, -0.25) is 0 Å². The molecule has 1 N–H and O–H groups in total. The molecule has 0 aromatic rings. The minimum Gasteiger partial charge on any atom is -0.395 e. The monoisotopic (exact) mass is 206 g/mol. The lowest BCUT2D eigenvalue weighted by atomic mass is 9.91. The van der Waals surface area contributed by atoms with Gasteiger partial charge < -0.3 is 5.11 Å². The van der Waals surface area contributed by atoms with Crippen LogP contribution >= 0.6 is 0 Å². The molecule has 0 bridgehead atoms. The van der Waals surface area contributed by atoms with Gasteiger partial charge >= 0.3 is 0 Å². The molecule has 78 valence electrons. The molecule has 4 heteroatoms. The Bertz CT molecular complexity index is 246. The van der Waals surface area contributed by atoms with Gasteiger partial charge in [-0.05, 0) is 18.8 Å². The van der Waals surface area contributed by atoms with Crippen molar-refractivity contribution in [2.24, 2.45) is 5.92 Å². The van der Waals surface area contributed by atoms with E-state index in [-0.39, 0.29) is 17.6 Å². The molecule has 0 amide bonds. The van der Waals surface area contributed by atoms with E-state index in [9.17, 15) is 8.42 Å². The summed E-state index contributed by atoms with van der Waals surface area (Å²) in [7, 11) is -3.02. The Balaban J connectivity index is 2.60. The van der Waals surface area contributed by atoms with E-state index < -0.39 is 9.84 Å². The number of hydrogen-bond donors (Lipinski definition) is 1. The molecule has 0 aromatic heterocycles. The summed E-state index contributed by atoms with van der Waals surface area (Å²) in [6, 6.07) is 0. The van der Waals surface area contributed by atoms with Crippen molar-refractivity contribution in [3.63, 3.8) is 0 Å². The summed E-state index contributed by atoms with van der Waals surface area (Å²) < 4.78 is 23.1. The number of rotatable bonds is 3. The third kappa shape index (κ3) is 2.95. The fourth-order valence-corrected chi connectivity index (χ4v) is 3.73. The highest BCUT2D eigenvalue weighted by Gasteiger charge is 2.29. The summed E-state index contributed by atoms with van der Waals surface area (Å²) in [5.74, 6) is 0.455. The summed E-state index contributed by atoms with van der Waals surface area (Å²) in [6.07, 6.45) is 3.72. The van der Waals surface area contributed by atoms with Crippen molar-refractivity contribution in [3.8, 4) is 0 Å². The van der Waals surface area contributed by atoms with Crippen LogP contribution in [0.1, 0.15) is 32.6 Å². The first kappa shape index (κ1) is 11.0. The number of aliphatic hydroxyl groups excluding tert-OH is 1. The van der Waals surface area contributed by atoms with Crippen LogP contribution in [0.5, 0.6) is 0 Å². The number of hydrogen-bond acceptors (Lipinski definition) is 3. The predicted molar refractivity (Wildman–Crippen MR) is 52.3 cm³/mol. The predicted octanol–water partition coefficient (Wildman–Crippen LogP) is 0.972. The molecule has 0 saturated heterocycles. The molecule has 2 atom stereocenters. The Morgan fingerprint density at radius 2 is 2.08 bits per heavy atom. The second-order valence-electron chi connectivity index (χ2n) is 3.98. The Labute approximate surface area is 80.1 Å². The van der Waals surface area contributed by atoms with Crippen molar-refractivity contribution >= 4 is 9.84 Å². The first-order valence-electron chi connectivity index (χ1n) is 4.88. The van der Waals surface area contributed by atoms with Gasteiger partial charge in [0.15, 0.2) is 9.84 Å². The minimum absolute atomic E-state index is 0.0651. The third-order valence-electron chi connectivity index (χ3n) is 2.77. The van der Waals surface area contributed by atoms with Crippen LogP contribution in [0.2, 0.25) is 0 Å². The molecule has 1 rings (SSSR count). The highest BCUT2D eigenvalue weighted by Crippen LogP contribution is 2.28. The minimum atomic E-state index is -3.02. The summed E-state index contributed by atoms with van der Waals surface area (Å²) in [6.45, 7) is 1.86. The van der Waals surface area contributed by atoms with Crippen LogP contribution in [-0.2, 0) is 9.84 Å². The van der Waals surface area contributed by atoms with Crippen molar-refractivity contribution in [2.45, 2.75) is 37.9 Å². The maximum Gasteiger partial charge on any atom is 0.155 e. The largest absolute Gasteiger partial charge is 0.395 e. The summed E-state index contributed by atoms with van der Waals surface area (Å²) in [5.41, 5.74) is 0. The van der Waals surface area contributed by atoms with Gasteiger partial charge in [0.25, 0.3) is 0 Å². The number of sulfone groups is 1. The van der Waals surface area contributed by atoms with E-state index in [1.165, 1.54) is 0 Å². The molecule has 2 unspecified atom stereocenters. The zero-order valence-electron chi connectivity index (χ0n) is 8.07. The zero-order valence-corrected chi connectivity index (χ0v) is 8.89. The number of aliphatic hydroxyl groups is 1. The summed E-state index contributed by atoms with van der Waals surface area (Å²) in [4.78, 5) is 0. The van der Waals surface area contributed by atoms with Gasteiger partial charge in [-0.2, -0.15) is 0 Å². The lowest BCUT2D eigenvalue weighted by molar-refractivity contribution is 0.317. The van der Waals surface area contributed by atoms with Crippen LogP contribution in [0, 0.1) is 5.92 Å². The quantitative estimate of drug-likeness (QED) is 0.748. The van der Waals surface area contributed by atoms with Crippen LogP contribution in [0.3, 0.4) is 0 Å². The molecule has 0 spiro atoms. The van der Waals surface area contributed by atoms with Crippen LogP contribution in [-0.4, -0.2) is 31.1 Å². The van der Waals surface area contributed by atoms with E-state index in [0.717, 1.165) is 25.7 Å². The van der Waals surface area contributed by atoms with Crippen molar-refractivity contribution in [2.75, 3.05) is 12.4 Å². The van der Waals surface area contributed by atoms with Gasteiger partial charge in [-0.15, -0.1) is 0 Å². The van der Waals surface area contributed by atoms with Gasteiger partial charge in [-0.25, -0.2) is 8.42 Å². The Kier molecular flexibility index (Phi) is 3.74. The molecule has 1 aliphatic rings. The molecule has 1 saturated carbocycles. The van der Waals surface area contributed by atoms with Crippen LogP contribution < -0.4 is 0 Å². The molecule has 0 aromatic carbocycles. The zero-order chi connectivity index (χ0) is 9.90. The Morgan fingerprint density at radius 1 is 1.38 bits per heavy atom. The van der Waals surface area contributed by atoms with E-state index in [4.69, 9.17) is 5.11 Å². The van der Waals surface area contributed by atoms with Gasteiger partial charge in [0, 0.05) is 0 Å². The Hall–Kier alpha value is -0.0900. The Morgan fingerprint density at radius 3 is 2.62 bits per heavy atom. The van der Waals surface area contributed by atoms with Gasteiger partial charge in [0.2, 0.25) is 0 Å². The molecule has 13 heavy (non-hydrogen) atoms. The molecule has 3 nitrogen and oxygen atoms in total. The topological polar surface area (TPSA) is 54.4 Å². The second kappa shape index (κ2) is 4.42. The lowest BCUT2D eigenvalue weighted by Crippen LogP contribution is -2.30. The highest BCUT2D eigenvalue weighted by atomic mass is 32.2. The molecule has 0 radical (unpaired) electrons. The van der Waals surface area contributed by atoms with Crippen molar-refractivity contribution in [3.05, 3.63) is 0 Å².